The highest BCUT2D eigenvalue weighted by atomic mass is 35.5. The predicted octanol–water partition coefficient (Wildman–Crippen LogP) is 4.90. The van der Waals surface area contributed by atoms with Crippen molar-refractivity contribution in [3.63, 3.8) is 0 Å². The molecular formula is C24H22ClF3N2O5S. The van der Waals surface area contributed by atoms with Crippen LogP contribution in [0.5, 0.6) is 11.5 Å². The molecule has 3 aromatic rings. The van der Waals surface area contributed by atoms with Gasteiger partial charge in [-0.3, -0.25) is 4.79 Å². The van der Waals surface area contributed by atoms with E-state index in [2.05, 4.69) is 10.0 Å². The second kappa shape index (κ2) is 11.2. The molecule has 0 aliphatic rings. The highest BCUT2D eigenvalue weighted by molar-refractivity contribution is 7.89. The summed E-state index contributed by atoms with van der Waals surface area (Å²) in [5, 5.41) is 2.17. The van der Waals surface area contributed by atoms with Crippen molar-refractivity contribution in [3.05, 3.63) is 82.9 Å². The van der Waals surface area contributed by atoms with E-state index in [4.69, 9.17) is 21.1 Å². The summed E-state index contributed by atoms with van der Waals surface area (Å²) < 4.78 is 78.3. The molecule has 0 bridgehead atoms. The lowest BCUT2D eigenvalue weighted by molar-refractivity contribution is -0.137. The molecule has 0 saturated carbocycles. The zero-order chi connectivity index (χ0) is 26.5. The Labute approximate surface area is 211 Å². The maximum Gasteiger partial charge on any atom is 0.416 e. The zero-order valence-electron chi connectivity index (χ0n) is 19.1. The van der Waals surface area contributed by atoms with Gasteiger partial charge >= 0.3 is 6.18 Å². The number of ether oxygens (including phenoxy) is 2. The Kier molecular flexibility index (Phi) is 8.49. The van der Waals surface area contributed by atoms with E-state index in [9.17, 15) is 26.4 Å². The highest BCUT2D eigenvalue weighted by Gasteiger charge is 2.32. The van der Waals surface area contributed by atoms with E-state index in [1.54, 1.807) is 30.3 Å². The average molecular weight is 543 g/mol. The molecule has 0 heterocycles. The van der Waals surface area contributed by atoms with Gasteiger partial charge in [-0.25, -0.2) is 8.42 Å². The molecule has 0 aliphatic carbocycles. The van der Waals surface area contributed by atoms with Crippen LogP contribution in [0.3, 0.4) is 0 Å². The third kappa shape index (κ3) is 6.68. The van der Waals surface area contributed by atoms with Gasteiger partial charge in [0.1, 0.15) is 6.04 Å². The number of carbonyl (C=O) groups excluding carboxylic acids is 1. The molecule has 3 rings (SSSR count). The fraction of sp³-hybridized carbons (Fsp3) is 0.208. The van der Waals surface area contributed by atoms with Crippen LogP contribution >= 0.6 is 11.6 Å². The van der Waals surface area contributed by atoms with Crippen molar-refractivity contribution >= 4 is 33.2 Å². The van der Waals surface area contributed by atoms with Crippen LogP contribution in [0.2, 0.25) is 5.02 Å². The summed E-state index contributed by atoms with van der Waals surface area (Å²) in [6.45, 7) is 0. The Morgan fingerprint density at radius 1 is 0.972 bits per heavy atom. The van der Waals surface area contributed by atoms with Crippen LogP contribution in [0, 0.1) is 0 Å². The zero-order valence-corrected chi connectivity index (χ0v) is 20.7. The van der Waals surface area contributed by atoms with E-state index < -0.39 is 33.7 Å². The van der Waals surface area contributed by atoms with Gasteiger partial charge in [-0.2, -0.15) is 17.9 Å². The maximum absolute atomic E-state index is 13.1. The van der Waals surface area contributed by atoms with Gasteiger partial charge < -0.3 is 14.8 Å². The summed E-state index contributed by atoms with van der Waals surface area (Å²) in [4.78, 5) is 12.9. The van der Waals surface area contributed by atoms with Crippen LogP contribution in [0.1, 0.15) is 11.1 Å². The number of amides is 1. The lowest BCUT2D eigenvalue weighted by atomic mass is 10.1. The summed E-state index contributed by atoms with van der Waals surface area (Å²) in [5.41, 5.74) is -0.713. The Balaban J connectivity index is 1.94. The van der Waals surface area contributed by atoms with Crippen molar-refractivity contribution in [3.8, 4) is 11.5 Å². The standard InChI is InChI=1S/C24H22ClF3N2O5S/c1-34-21-11-9-17(14-22(21)35-2)36(32,33)30-20(12-15-6-4-3-5-7-15)23(31)29-19-13-16(24(26,27)28)8-10-18(19)25/h3-11,13-14,20,30H,12H2,1-2H3,(H,29,31). The highest BCUT2D eigenvalue weighted by Crippen LogP contribution is 2.34. The van der Waals surface area contributed by atoms with Gasteiger partial charge in [-0.1, -0.05) is 41.9 Å². The number of hydrogen-bond donors (Lipinski definition) is 2. The van der Waals surface area contributed by atoms with Crippen LogP contribution < -0.4 is 19.5 Å². The fourth-order valence-electron chi connectivity index (χ4n) is 3.29. The first kappa shape index (κ1) is 27.3. The first-order chi connectivity index (χ1) is 16.9. The monoisotopic (exact) mass is 542 g/mol. The minimum Gasteiger partial charge on any atom is -0.493 e. The number of benzene rings is 3. The quantitative estimate of drug-likeness (QED) is 0.401. The smallest absolute Gasteiger partial charge is 0.416 e. The van der Waals surface area contributed by atoms with E-state index in [-0.39, 0.29) is 27.8 Å². The Hall–Kier alpha value is -3.28. The van der Waals surface area contributed by atoms with Gasteiger partial charge in [-0.15, -0.1) is 0 Å². The molecule has 36 heavy (non-hydrogen) atoms. The SMILES string of the molecule is COc1ccc(S(=O)(=O)NC(Cc2ccccc2)C(=O)Nc2cc(C(F)(F)F)ccc2Cl)cc1OC. The van der Waals surface area contributed by atoms with Crippen molar-refractivity contribution < 1.29 is 35.9 Å². The molecule has 3 aromatic carbocycles. The Morgan fingerprint density at radius 2 is 1.64 bits per heavy atom. The van der Waals surface area contributed by atoms with E-state index in [1.807, 2.05) is 0 Å². The molecule has 7 nitrogen and oxygen atoms in total. The number of hydrogen-bond acceptors (Lipinski definition) is 5. The average Bonchev–Trinajstić information content (AvgIpc) is 2.84. The predicted molar refractivity (Wildman–Crippen MR) is 129 cm³/mol. The number of methoxy groups -OCH3 is 2. The first-order valence-electron chi connectivity index (χ1n) is 10.4. The number of sulfonamides is 1. The summed E-state index contributed by atoms with van der Waals surface area (Å²) >= 11 is 6.00. The van der Waals surface area contributed by atoms with Crippen LogP contribution in [0.25, 0.3) is 0 Å². The second-order valence-corrected chi connectivity index (χ2v) is 9.68. The number of nitrogens with one attached hydrogen (secondary N) is 2. The summed E-state index contributed by atoms with van der Waals surface area (Å²) in [6.07, 6.45) is -4.75. The number of rotatable bonds is 9. The van der Waals surface area contributed by atoms with Crippen molar-refractivity contribution in [2.24, 2.45) is 0 Å². The van der Waals surface area contributed by atoms with E-state index in [1.165, 1.54) is 32.4 Å². The third-order valence-corrected chi connectivity index (χ3v) is 6.91. The normalized spacial score (nSPS) is 12.6. The summed E-state index contributed by atoms with van der Waals surface area (Å²) in [7, 11) is -1.54. The minimum atomic E-state index is -4.66. The van der Waals surface area contributed by atoms with Gasteiger partial charge in [0.2, 0.25) is 15.9 Å². The van der Waals surface area contributed by atoms with Crippen molar-refractivity contribution in [2.45, 2.75) is 23.5 Å². The third-order valence-electron chi connectivity index (χ3n) is 5.11. The number of carbonyl (C=O) groups is 1. The van der Waals surface area contributed by atoms with Crippen molar-refractivity contribution in [2.75, 3.05) is 19.5 Å². The fourth-order valence-corrected chi connectivity index (χ4v) is 4.67. The molecular weight excluding hydrogens is 521 g/mol. The van der Waals surface area contributed by atoms with Gasteiger partial charge in [0.05, 0.1) is 35.4 Å². The lowest BCUT2D eigenvalue weighted by Gasteiger charge is -2.20. The Bertz CT molecular complexity index is 1340. The summed E-state index contributed by atoms with van der Waals surface area (Å²) in [6, 6.07) is 13.5. The van der Waals surface area contributed by atoms with Crippen LogP contribution in [0.4, 0.5) is 18.9 Å². The molecule has 0 aliphatic heterocycles. The molecule has 2 N–H and O–H groups in total. The molecule has 0 aromatic heterocycles. The molecule has 0 fully saturated rings. The molecule has 192 valence electrons. The molecule has 0 radical (unpaired) electrons. The molecule has 1 unspecified atom stereocenters. The number of alkyl halides is 3. The maximum atomic E-state index is 13.1. The largest absolute Gasteiger partial charge is 0.493 e. The van der Waals surface area contributed by atoms with Crippen molar-refractivity contribution in [1.29, 1.82) is 0 Å². The second-order valence-electron chi connectivity index (χ2n) is 7.56. The molecule has 0 saturated heterocycles. The van der Waals surface area contributed by atoms with E-state index in [0.717, 1.165) is 12.1 Å². The molecule has 1 amide bonds. The summed E-state index contributed by atoms with van der Waals surface area (Å²) in [5.74, 6) is -0.446. The number of halogens is 4. The van der Waals surface area contributed by atoms with Gasteiger partial charge in [0.15, 0.2) is 11.5 Å². The van der Waals surface area contributed by atoms with Gasteiger partial charge in [-0.05, 0) is 42.3 Å². The van der Waals surface area contributed by atoms with Gasteiger partial charge in [0.25, 0.3) is 0 Å². The molecule has 12 heteroatoms. The van der Waals surface area contributed by atoms with Crippen molar-refractivity contribution in [1.82, 2.24) is 4.72 Å². The van der Waals surface area contributed by atoms with E-state index in [0.29, 0.717) is 17.4 Å². The first-order valence-corrected chi connectivity index (χ1v) is 12.3. The van der Waals surface area contributed by atoms with Gasteiger partial charge in [0, 0.05) is 6.07 Å². The van der Waals surface area contributed by atoms with Crippen LogP contribution in [-0.2, 0) is 27.4 Å². The van der Waals surface area contributed by atoms with Crippen LogP contribution in [-0.4, -0.2) is 34.6 Å². The topological polar surface area (TPSA) is 93.7 Å². The molecule has 1 atom stereocenters. The van der Waals surface area contributed by atoms with E-state index >= 15 is 0 Å². The number of anilines is 1. The van der Waals surface area contributed by atoms with Crippen LogP contribution in [0.15, 0.2) is 71.6 Å². The molecule has 0 spiro atoms. The minimum absolute atomic E-state index is 0.0875. The Morgan fingerprint density at radius 3 is 2.25 bits per heavy atom. The lowest BCUT2D eigenvalue weighted by Crippen LogP contribution is -2.45.